The second-order valence-corrected chi connectivity index (χ2v) is 7.64. The van der Waals surface area contributed by atoms with Gasteiger partial charge in [0, 0.05) is 26.3 Å². The number of benzene rings is 1. The van der Waals surface area contributed by atoms with Crippen LogP contribution >= 0.6 is 0 Å². The molecule has 1 atom stereocenters. The SMILES string of the molecule is Cc1nn(C)cc1S(=O)(=O)N1CCC(O)(c2ccccc2)C1. The average Bonchev–Trinajstić information content (AvgIpc) is 3.05. The molecule has 1 saturated heterocycles. The fourth-order valence-corrected chi connectivity index (χ4v) is 4.61. The van der Waals surface area contributed by atoms with E-state index in [4.69, 9.17) is 0 Å². The van der Waals surface area contributed by atoms with Crippen molar-refractivity contribution in [3.05, 3.63) is 47.8 Å². The zero-order valence-corrected chi connectivity index (χ0v) is 13.4. The van der Waals surface area contributed by atoms with Crippen LogP contribution in [0.5, 0.6) is 0 Å². The van der Waals surface area contributed by atoms with Crippen molar-refractivity contribution in [2.24, 2.45) is 7.05 Å². The van der Waals surface area contributed by atoms with Crippen LogP contribution in [0.25, 0.3) is 0 Å². The van der Waals surface area contributed by atoms with Crippen LogP contribution in [0.4, 0.5) is 0 Å². The minimum atomic E-state index is -3.64. The topological polar surface area (TPSA) is 75.4 Å². The molecule has 0 spiro atoms. The van der Waals surface area contributed by atoms with E-state index in [0.29, 0.717) is 18.7 Å². The molecule has 118 valence electrons. The molecule has 3 rings (SSSR count). The summed E-state index contributed by atoms with van der Waals surface area (Å²) in [7, 11) is -1.95. The second kappa shape index (κ2) is 5.19. The summed E-state index contributed by atoms with van der Waals surface area (Å²) in [6.45, 7) is 2.03. The van der Waals surface area contributed by atoms with Gasteiger partial charge in [0.2, 0.25) is 10.0 Å². The van der Waals surface area contributed by atoms with Crippen LogP contribution in [-0.4, -0.2) is 40.7 Å². The summed E-state index contributed by atoms with van der Waals surface area (Å²) >= 11 is 0. The summed E-state index contributed by atoms with van der Waals surface area (Å²) < 4.78 is 28.3. The van der Waals surface area contributed by atoms with Crippen molar-refractivity contribution in [2.75, 3.05) is 13.1 Å². The van der Waals surface area contributed by atoms with Gasteiger partial charge in [-0.1, -0.05) is 30.3 Å². The Bertz CT molecular complexity index is 786. The molecule has 22 heavy (non-hydrogen) atoms. The Kier molecular flexibility index (Phi) is 3.58. The van der Waals surface area contributed by atoms with Crippen molar-refractivity contribution >= 4 is 10.0 Å². The maximum atomic E-state index is 12.7. The molecule has 0 aliphatic carbocycles. The summed E-state index contributed by atoms with van der Waals surface area (Å²) in [5.74, 6) is 0. The van der Waals surface area contributed by atoms with Crippen molar-refractivity contribution in [1.82, 2.24) is 14.1 Å². The van der Waals surface area contributed by atoms with Gasteiger partial charge >= 0.3 is 0 Å². The predicted octanol–water partition coefficient (Wildman–Crippen LogP) is 1.01. The van der Waals surface area contributed by atoms with Gasteiger partial charge in [0.15, 0.2) is 0 Å². The van der Waals surface area contributed by atoms with Crippen LogP contribution < -0.4 is 0 Å². The number of nitrogens with zero attached hydrogens (tertiary/aromatic N) is 3. The standard InChI is InChI=1S/C15H19N3O3S/c1-12-14(10-17(2)16-12)22(20,21)18-9-8-15(19,11-18)13-6-4-3-5-7-13/h3-7,10,19H,8-9,11H2,1-2H3. The molecule has 7 heteroatoms. The van der Waals surface area contributed by atoms with Gasteiger partial charge in [0.25, 0.3) is 0 Å². The minimum absolute atomic E-state index is 0.0632. The summed E-state index contributed by atoms with van der Waals surface area (Å²) in [6.07, 6.45) is 1.89. The smallest absolute Gasteiger partial charge is 0.246 e. The highest BCUT2D eigenvalue weighted by molar-refractivity contribution is 7.89. The number of hydrogen-bond donors (Lipinski definition) is 1. The molecule has 1 aliphatic heterocycles. The van der Waals surface area contributed by atoms with Crippen molar-refractivity contribution in [3.8, 4) is 0 Å². The molecule has 0 amide bonds. The van der Waals surface area contributed by atoms with Gasteiger partial charge in [-0.3, -0.25) is 4.68 Å². The van der Waals surface area contributed by atoms with Crippen molar-refractivity contribution < 1.29 is 13.5 Å². The van der Waals surface area contributed by atoms with E-state index in [9.17, 15) is 13.5 Å². The minimum Gasteiger partial charge on any atom is -0.384 e. The molecule has 1 N–H and O–H groups in total. The van der Waals surface area contributed by atoms with E-state index < -0.39 is 15.6 Å². The fraction of sp³-hybridized carbons (Fsp3) is 0.400. The van der Waals surface area contributed by atoms with Crippen LogP contribution in [0.3, 0.4) is 0 Å². The lowest BCUT2D eigenvalue weighted by molar-refractivity contribution is 0.0531. The Hall–Kier alpha value is -1.70. The van der Waals surface area contributed by atoms with Crippen molar-refractivity contribution in [2.45, 2.75) is 23.8 Å². The van der Waals surface area contributed by atoms with Gasteiger partial charge in [-0.2, -0.15) is 9.40 Å². The van der Waals surface area contributed by atoms with Gasteiger partial charge in [0.1, 0.15) is 10.5 Å². The summed E-state index contributed by atoms with van der Waals surface area (Å²) in [6, 6.07) is 9.21. The number of rotatable bonds is 3. The van der Waals surface area contributed by atoms with Gasteiger partial charge < -0.3 is 5.11 Å². The Morgan fingerprint density at radius 3 is 2.55 bits per heavy atom. The second-order valence-electron chi connectivity index (χ2n) is 5.74. The van der Waals surface area contributed by atoms with E-state index in [0.717, 1.165) is 5.56 Å². The quantitative estimate of drug-likeness (QED) is 0.915. The zero-order valence-electron chi connectivity index (χ0n) is 12.6. The van der Waals surface area contributed by atoms with E-state index in [1.54, 1.807) is 14.0 Å². The normalized spacial score (nSPS) is 23.0. The Morgan fingerprint density at radius 2 is 1.95 bits per heavy atom. The molecule has 1 unspecified atom stereocenters. The third-order valence-electron chi connectivity index (χ3n) is 4.11. The Balaban J connectivity index is 1.91. The lowest BCUT2D eigenvalue weighted by Gasteiger charge is -2.23. The van der Waals surface area contributed by atoms with E-state index in [1.807, 2.05) is 30.3 Å². The fourth-order valence-electron chi connectivity index (χ4n) is 2.92. The molecule has 0 saturated carbocycles. The Morgan fingerprint density at radius 1 is 1.27 bits per heavy atom. The van der Waals surface area contributed by atoms with Crippen LogP contribution in [0, 0.1) is 6.92 Å². The number of aliphatic hydroxyl groups is 1. The van der Waals surface area contributed by atoms with Crippen LogP contribution in [-0.2, 0) is 22.7 Å². The largest absolute Gasteiger partial charge is 0.384 e. The monoisotopic (exact) mass is 321 g/mol. The lowest BCUT2D eigenvalue weighted by Crippen LogP contribution is -2.34. The number of aromatic nitrogens is 2. The summed E-state index contributed by atoms with van der Waals surface area (Å²) in [5.41, 5.74) is 0.0815. The first-order chi connectivity index (χ1) is 10.3. The van der Waals surface area contributed by atoms with Gasteiger partial charge in [-0.05, 0) is 18.9 Å². The van der Waals surface area contributed by atoms with Gasteiger partial charge in [0.05, 0.1) is 5.69 Å². The van der Waals surface area contributed by atoms with Crippen LogP contribution in [0.1, 0.15) is 17.7 Å². The van der Waals surface area contributed by atoms with Crippen molar-refractivity contribution in [1.29, 1.82) is 0 Å². The molecule has 2 aromatic rings. The summed E-state index contributed by atoms with van der Waals surface area (Å²) in [5, 5.41) is 14.9. The molecule has 2 heterocycles. The molecule has 6 nitrogen and oxygen atoms in total. The number of hydrogen-bond acceptors (Lipinski definition) is 4. The maximum absolute atomic E-state index is 12.7. The molecular weight excluding hydrogens is 302 g/mol. The first-order valence-corrected chi connectivity index (χ1v) is 8.55. The molecule has 0 radical (unpaired) electrons. The van der Waals surface area contributed by atoms with Gasteiger partial charge in [-0.15, -0.1) is 0 Å². The van der Waals surface area contributed by atoms with Crippen LogP contribution in [0.2, 0.25) is 0 Å². The number of β-amino-alcohol motifs (C(OH)–C–C–N with tert-alkyl or cyclic N) is 1. The van der Waals surface area contributed by atoms with Gasteiger partial charge in [-0.25, -0.2) is 8.42 Å². The van der Waals surface area contributed by atoms with E-state index >= 15 is 0 Å². The number of aryl methyl sites for hydroxylation is 2. The van der Waals surface area contributed by atoms with E-state index in [-0.39, 0.29) is 11.4 Å². The maximum Gasteiger partial charge on any atom is 0.246 e. The highest BCUT2D eigenvalue weighted by Gasteiger charge is 2.43. The predicted molar refractivity (Wildman–Crippen MR) is 81.7 cm³/mol. The highest BCUT2D eigenvalue weighted by atomic mass is 32.2. The first kappa shape index (κ1) is 15.2. The molecular formula is C15H19N3O3S. The van der Waals surface area contributed by atoms with Crippen LogP contribution in [0.15, 0.2) is 41.4 Å². The average molecular weight is 321 g/mol. The molecule has 1 aliphatic rings. The molecule has 1 aromatic carbocycles. The molecule has 1 aromatic heterocycles. The third kappa shape index (κ3) is 2.45. The molecule has 1 fully saturated rings. The van der Waals surface area contributed by atoms with Crippen molar-refractivity contribution in [3.63, 3.8) is 0 Å². The van der Waals surface area contributed by atoms with E-state index in [1.165, 1.54) is 15.2 Å². The zero-order chi connectivity index (χ0) is 16.0. The number of sulfonamides is 1. The lowest BCUT2D eigenvalue weighted by atomic mass is 9.93. The Labute approximate surface area is 130 Å². The highest BCUT2D eigenvalue weighted by Crippen LogP contribution is 2.35. The summed E-state index contributed by atoms with van der Waals surface area (Å²) in [4.78, 5) is 0.201. The third-order valence-corrected chi connectivity index (χ3v) is 6.06. The van der Waals surface area contributed by atoms with E-state index in [2.05, 4.69) is 5.10 Å². The first-order valence-electron chi connectivity index (χ1n) is 7.11. The molecule has 0 bridgehead atoms.